The van der Waals surface area contributed by atoms with E-state index in [1.54, 1.807) is 31.1 Å². The zero-order valence-electron chi connectivity index (χ0n) is 14.8. The topological polar surface area (TPSA) is 65.6 Å². The van der Waals surface area contributed by atoms with Gasteiger partial charge in [0, 0.05) is 25.3 Å². The van der Waals surface area contributed by atoms with Crippen LogP contribution in [0.25, 0.3) is 0 Å². The Balaban J connectivity index is 1.81. The smallest absolute Gasteiger partial charge is 0.260 e. The van der Waals surface area contributed by atoms with E-state index >= 15 is 0 Å². The number of aromatic amines is 1. The summed E-state index contributed by atoms with van der Waals surface area (Å²) in [5.74, 6) is 0.592. The molecule has 1 aromatic heterocycles. The minimum absolute atomic E-state index is 0.0909. The summed E-state index contributed by atoms with van der Waals surface area (Å²) in [5.41, 5.74) is 1.74. The van der Waals surface area contributed by atoms with Crippen LogP contribution in [0.1, 0.15) is 27.7 Å². The molecule has 1 saturated heterocycles. The molecule has 132 valence electrons. The number of benzene rings is 1. The van der Waals surface area contributed by atoms with E-state index in [0.29, 0.717) is 13.1 Å². The highest BCUT2D eigenvalue weighted by atomic mass is 16.5. The van der Waals surface area contributed by atoms with Crippen LogP contribution in [0.2, 0.25) is 0 Å². The predicted molar refractivity (Wildman–Crippen MR) is 96.1 cm³/mol. The van der Waals surface area contributed by atoms with Gasteiger partial charge in [-0.2, -0.15) is 0 Å². The first kappa shape index (κ1) is 17.2. The molecule has 6 heteroatoms. The van der Waals surface area contributed by atoms with E-state index in [4.69, 9.17) is 4.74 Å². The molecule has 0 bridgehead atoms. The van der Waals surface area contributed by atoms with Crippen molar-refractivity contribution in [3.05, 3.63) is 63.6 Å². The number of likely N-dealkylation sites (N-methyl/N-ethyl adjacent to an activating group) is 1. The summed E-state index contributed by atoms with van der Waals surface area (Å²) in [5, 5.41) is 0. The average Bonchev–Trinajstić information content (AvgIpc) is 2.62. The van der Waals surface area contributed by atoms with Crippen molar-refractivity contribution in [1.82, 2.24) is 14.8 Å². The van der Waals surface area contributed by atoms with Gasteiger partial charge in [0.1, 0.15) is 11.3 Å². The number of H-pyrrole nitrogens is 1. The Hall–Kier alpha value is -2.60. The van der Waals surface area contributed by atoms with Gasteiger partial charge in [-0.3, -0.25) is 14.5 Å². The van der Waals surface area contributed by atoms with E-state index in [9.17, 15) is 9.59 Å². The number of rotatable bonds is 3. The lowest BCUT2D eigenvalue weighted by Crippen LogP contribution is -2.49. The van der Waals surface area contributed by atoms with E-state index in [0.717, 1.165) is 23.6 Å². The highest BCUT2D eigenvalue weighted by molar-refractivity contribution is 5.94. The second-order valence-corrected chi connectivity index (χ2v) is 6.40. The number of aryl methyl sites for hydroxylation is 1. The standard InChI is InChI=1S/C19H23N3O3/c1-13-4-9-16(18(23)20-13)19(24)22-11-10-21(2)17(12-22)14-5-7-15(25-3)8-6-14/h4-9,17H,10-12H2,1-3H3,(H,20,23). The molecule has 2 aromatic rings. The minimum Gasteiger partial charge on any atom is -0.497 e. The molecular weight excluding hydrogens is 318 g/mol. The molecule has 1 aliphatic heterocycles. The molecule has 2 heterocycles. The fraction of sp³-hybridized carbons (Fsp3) is 0.368. The van der Waals surface area contributed by atoms with Crippen LogP contribution in [0, 0.1) is 6.92 Å². The van der Waals surface area contributed by atoms with Gasteiger partial charge in [-0.25, -0.2) is 0 Å². The molecule has 6 nitrogen and oxygen atoms in total. The lowest BCUT2D eigenvalue weighted by molar-refractivity contribution is 0.0544. The van der Waals surface area contributed by atoms with Gasteiger partial charge < -0.3 is 14.6 Å². The summed E-state index contributed by atoms with van der Waals surface area (Å²) in [4.78, 5) is 31.5. The fourth-order valence-electron chi connectivity index (χ4n) is 3.15. The van der Waals surface area contributed by atoms with Crippen molar-refractivity contribution < 1.29 is 9.53 Å². The van der Waals surface area contributed by atoms with Gasteiger partial charge in [-0.1, -0.05) is 12.1 Å². The molecule has 1 atom stereocenters. The number of piperazine rings is 1. The van der Waals surface area contributed by atoms with Crippen molar-refractivity contribution in [2.45, 2.75) is 13.0 Å². The number of amides is 1. The highest BCUT2D eigenvalue weighted by Gasteiger charge is 2.29. The van der Waals surface area contributed by atoms with Crippen molar-refractivity contribution in [2.24, 2.45) is 0 Å². The van der Waals surface area contributed by atoms with Crippen LogP contribution in [0.4, 0.5) is 0 Å². The third-order valence-electron chi connectivity index (χ3n) is 4.72. The maximum absolute atomic E-state index is 12.8. The maximum atomic E-state index is 12.8. The van der Waals surface area contributed by atoms with Crippen LogP contribution < -0.4 is 10.3 Å². The zero-order valence-corrected chi connectivity index (χ0v) is 14.8. The Morgan fingerprint density at radius 3 is 2.52 bits per heavy atom. The second kappa shape index (κ2) is 7.11. The van der Waals surface area contributed by atoms with Crippen LogP contribution in [-0.4, -0.2) is 54.5 Å². The van der Waals surface area contributed by atoms with Gasteiger partial charge in [0.15, 0.2) is 0 Å². The summed E-state index contributed by atoms with van der Waals surface area (Å²) in [6.07, 6.45) is 0. The molecule has 1 aliphatic rings. The summed E-state index contributed by atoms with van der Waals surface area (Å²) in [6, 6.07) is 11.3. The van der Waals surface area contributed by atoms with Crippen molar-refractivity contribution in [3.8, 4) is 5.75 Å². The second-order valence-electron chi connectivity index (χ2n) is 6.40. The Bertz CT molecular complexity index is 813. The Labute approximate surface area is 147 Å². The molecule has 3 rings (SSSR count). The zero-order chi connectivity index (χ0) is 18.0. The van der Waals surface area contributed by atoms with Gasteiger partial charge in [0.05, 0.1) is 13.2 Å². The predicted octanol–water partition coefficient (Wildman–Crippen LogP) is 1.82. The van der Waals surface area contributed by atoms with Crippen LogP contribution in [0.3, 0.4) is 0 Å². The van der Waals surface area contributed by atoms with Crippen molar-refractivity contribution in [2.75, 3.05) is 33.8 Å². The number of methoxy groups -OCH3 is 1. The van der Waals surface area contributed by atoms with E-state index in [2.05, 4.69) is 16.9 Å². The molecule has 25 heavy (non-hydrogen) atoms. The number of carbonyl (C=O) groups excluding carboxylic acids is 1. The lowest BCUT2D eigenvalue weighted by Gasteiger charge is -2.39. The molecule has 0 saturated carbocycles. The monoisotopic (exact) mass is 341 g/mol. The van der Waals surface area contributed by atoms with Crippen LogP contribution in [-0.2, 0) is 0 Å². The van der Waals surface area contributed by atoms with Gasteiger partial charge in [0.25, 0.3) is 11.5 Å². The Morgan fingerprint density at radius 2 is 1.88 bits per heavy atom. The SMILES string of the molecule is COc1ccc(C2CN(C(=O)c3ccc(C)[nH]c3=O)CCN2C)cc1. The summed E-state index contributed by atoms with van der Waals surface area (Å²) < 4.78 is 5.21. The molecule has 1 amide bonds. The molecular formula is C19H23N3O3. The Morgan fingerprint density at radius 1 is 1.16 bits per heavy atom. The lowest BCUT2D eigenvalue weighted by atomic mass is 10.0. The molecule has 1 N–H and O–H groups in total. The number of hydrogen-bond donors (Lipinski definition) is 1. The first-order valence-electron chi connectivity index (χ1n) is 8.33. The van der Waals surface area contributed by atoms with Gasteiger partial charge in [-0.05, 0) is 43.8 Å². The van der Waals surface area contributed by atoms with Crippen LogP contribution >= 0.6 is 0 Å². The van der Waals surface area contributed by atoms with E-state index < -0.39 is 0 Å². The molecule has 0 radical (unpaired) electrons. The maximum Gasteiger partial charge on any atom is 0.260 e. The number of nitrogens with zero attached hydrogens (tertiary/aromatic N) is 2. The van der Waals surface area contributed by atoms with Crippen LogP contribution in [0.15, 0.2) is 41.2 Å². The molecule has 1 unspecified atom stereocenters. The van der Waals surface area contributed by atoms with Crippen LogP contribution in [0.5, 0.6) is 5.75 Å². The third-order valence-corrected chi connectivity index (χ3v) is 4.72. The first-order valence-corrected chi connectivity index (χ1v) is 8.33. The van der Waals surface area contributed by atoms with E-state index in [1.807, 2.05) is 24.3 Å². The summed E-state index contributed by atoms with van der Waals surface area (Å²) in [6.45, 7) is 3.71. The molecule has 0 aliphatic carbocycles. The third kappa shape index (κ3) is 3.58. The van der Waals surface area contributed by atoms with Gasteiger partial charge in [-0.15, -0.1) is 0 Å². The number of nitrogens with one attached hydrogen (secondary N) is 1. The number of hydrogen-bond acceptors (Lipinski definition) is 4. The fourth-order valence-corrected chi connectivity index (χ4v) is 3.15. The number of pyridine rings is 1. The number of aromatic nitrogens is 1. The van der Waals surface area contributed by atoms with Gasteiger partial charge in [0.2, 0.25) is 0 Å². The number of ether oxygens (including phenoxy) is 1. The molecule has 1 aromatic carbocycles. The highest BCUT2D eigenvalue weighted by Crippen LogP contribution is 2.26. The normalized spacial score (nSPS) is 18.2. The molecule has 0 spiro atoms. The largest absolute Gasteiger partial charge is 0.497 e. The summed E-state index contributed by atoms with van der Waals surface area (Å²) in [7, 11) is 3.69. The Kier molecular flexibility index (Phi) is 4.90. The van der Waals surface area contributed by atoms with Crippen molar-refractivity contribution in [1.29, 1.82) is 0 Å². The van der Waals surface area contributed by atoms with E-state index in [1.165, 1.54) is 0 Å². The average molecular weight is 341 g/mol. The number of carbonyl (C=O) groups is 1. The van der Waals surface area contributed by atoms with Crippen molar-refractivity contribution in [3.63, 3.8) is 0 Å². The quantitative estimate of drug-likeness (QED) is 0.925. The van der Waals surface area contributed by atoms with E-state index in [-0.39, 0.29) is 23.1 Å². The minimum atomic E-state index is -0.329. The van der Waals surface area contributed by atoms with Crippen molar-refractivity contribution >= 4 is 5.91 Å². The van der Waals surface area contributed by atoms with Gasteiger partial charge >= 0.3 is 0 Å². The first-order chi connectivity index (χ1) is 12.0. The molecule has 1 fully saturated rings. The summed E-state index contributed by atoms with van der Waals surface area (Å²) >= 11 is 0.